The zero-order chi connectivity index (χ0) is 11.2. The summed E-state index contributed by atoms with van der Waals surface area (Å²) in [5.74, 6) is 0. The number of allylic oxidation sites excluding steroid dienone is 2. The van der Waals surface area contributed by atoms with Gasteiger partial charge in [-0.25, -0.2) is 0 Å². The molecule has 2 rings (SSSR count). The average molecular weight is 209 g/mol. The molecule has 2 aromatic carbocycles. The van der Waals surface area contributed by atoms with Crippen LogP contribution in [0, 0.1) is 6.92 Å². The normalized spacial score (nSPS) is 11.3. The molecule has 0 fully saturated rings. The Hall–Kier alpha value is -1.56. The highest BCUT2D eigenvalue weighted by atomic mass is 14.0. The minimum atomic E-state index is 1.12. The van der Waals surface area contributed by atoms with Crippen LogP contribution >= 0.6 is 0 Å². The molecule has 2 aromatic rings. The monoisotopic (exact) mass is 209 g/mol. The molecule has 0 bridgehead atoms. The second-order valence-electron chi connectivity index (χ2n) is 4.00. The number of unbranched alkanes of at least 4 members (excludes halogenated alkanes) is 1. The van der Waals surface area contributed by atoms with Crippen LogP contribution in [0.1, 0.15) is 18.4 Å². The molecule has 0 aliphatic carbocycles. The van der Waals surface area contributed by atoms with Crippen molar-refractivity contribution in [2.24, 2.45) is 0 Å². The predicted octanol–water partition coefficient (Wildman–Crippen LogP) is 4.55. The van der Waals surface area contributed by atoms with Gasteiger partial charge in [-0.15, -0.1) is 0 Å². The molecular weight excluding hydrogens is 192 g/mol. The zero-order valence-electron chi connectivity index (χ0n) is 9.52. The summed E-state index contributed by atoms with van der Waals surface area (Å²) in [6.07, 6.45) is 7.46. The molecule has 0 heteroatoms. The Kier molecular flexibility index (Phi) is 3.76. The molecule has 0 saturated heterocycles. The number of benzene rings is 2. The Morgan fingerprint density at radius 2 is 1.81 bits per heavy atom. The first-order chi connectivity index (χ1) is 7.92. The zero-order valence-corrected chi connectivity index (χ0v) is 9.52. The second-order valence-corrected chi connectivity index (χ2v) is 4.00. The highest BCUT2D eigenvalue weighted by molar-refractivity contribution is 5.85. The standard InChI is InChI=1S/C16H17/c1-2-3-4-5-9-14-11-8-12-15-10-6-7-13-16(14)15/h2-3,6-8,10-13H,1,4-5,9H2. The molecule has 0 aliphatic heterocycles. The highest BCUT2D eigenvalue weighted by Crippen LogP contribution is 2.20. The van der Waals surface area contributed by atoms with E-state index >= 15 is 0 Å². The van der Waals surface area contributed by atoms with E-state index < -0.39 is 0 Å². The minimum Gasteiger partial charge on any atom is -0.0885 e. The number of hydrogen-bond acceptors (Lipinski definition) is 0. The first-order valence-electron chi connectivity index (χ1n) is 5.82. The summed E-state index contributed by atoms with van der Waals surface area (Å²) in [7, 11) is 0. The molecule has 1 radical (unpaired) electrons. The lowest BCUT2D eigenvalue weighted by molar-refractivity contribution is 0.848. The smallest absolute Gasteiger partial charge is 0.0152 e. The van der Waals surface area contributed by atoms with E-state index in [1.165, 1.54) is 22.8 Å². The largest absolute Gasteiger partial charge is 0.0885 e. The van der Waals surface area contributed by atoms with Crippen LogP contribution in [-0.4, -0.2) is 0 Å². The van der Waals surface area contributed by atoms with E-state index in [0.29, 0.717) is 0 Å². The van der Waals surface area contributed by atoms with Crippen molar-refractivity contribution in [3.8, 4) is 0 Å². The van der Waals surface area contributed by atoms with Gasteiger partial charge in [-0.05, 0) is 42.5 Å². The number of fused-ring (bicyclic) bond motifs is 1. The van der Waals surface area contributed by atoms with Crippen molar-refractivity contribution in [2.75, 3.05) is 0 Å². The average Bonchev–Trinajstić information content (AvgIpc) is 2.35. The van der Waals surface area contributed by atoms with Crippen molar-refractivity contribution in [2.45, 2.75) is 19.3 Å². The van der Waals surface area contributed by atoms with Gasteiger partial charge < -0.3 is 0 Å². The van der Waals surface area contributed by atoms with Gasteiger partial charge in [-0.1, -0.05) is 54.6 Å². The maximum Gasteiger partial charge on any atom is -0.0152 e. The van der Waals surface area contributed by atoms with Crippen LogP contribution in [0.4, 0.5) is 0 Å². The van der Waals surface area contributed by atoms with E-state index in [0.717, 1.165) is 12.8 Å². The van der Waals surface area contributed by atoms with Crippen molar-refractivity contribution < 1.29 is 0 Å². The predicted molar refractivity (Wildman–Crippen MR) is 71.4 cm³/mol. The van der Waals surface area contributed by atoms with Crippen LogP contribution in [0.3, 0.4) is 0 Å². The third kappa shape index (κ3) is 2.52. The summed E-state index contributed by atoms with van der Waals surface area (Å²) in [6, 6.07) is 15.1. The fraction of sp³-hybridized carbons (Fsp3) is 0.188. The molecule has 0 amide bonds. The highest BCUT2D eigenvalue weighted by Gasteiger charge is 1.98. The van der Waals surface area contributed by atoms with Gasteiger partial charge in [0.1, 0.15) is 0 Å². The van der Waals surface area contributed by atoms with Crippen LogP contribution in [0.5, 0.6) is 0 Å². The van der Waals surface area contributed by atoms with Gasteiger partial charge in [0.25, 0.3) is 0 Å². The quantitative estimate of drug-likeness (QED) is 0.648. The van der Waals surface area contributed by atoms with Gasteiger partial charge in [-0.2, -0.15) is 0 Å². The maximum atomic E-state index is 3.70. The van der Waals surface area contributed by atoms with Gasteiger partial charge in [0.15, 0.2) is 0 Å². The molecule has 0 aromatic heterocycles. The fourth-order valence-electron chi connectivity index (χ4n) is 2.04. The van der Waals surface area contributed by atoms with Crippen LogP contribution in [0.25, 0.3) is 10.8 Å². The fourth-order valence-corrected chi connectivity index (χ4v) is 2.04. The van der Waals surface area contributed by atoms with Gasteiger partial charge >= 0.3 is 0 Å². The maximum absolute atomic E-state index is 3.70. The Bertz CT molecular complexity index is 475. The van der Waals surface area contributed by atoms with Crippen molar-refractivity contribution in [3.63, 3.8) is 0 Å². The summed E-state index contributed by atoms with van der Waals surface area (Å²) in [5.41, 5.74) is 1.45. The molecule has 16 heavy (non-hydrogen) atoms. The lowest BCUT2D eigenvalue weighted by Crippen LogP contribution is -1.86. The Morgan fingerprint density at radius 3 is 2.69 bits per heavy atom. The van der Waals surface area contributed by atoms with Crippen molar-refractivity contribution in [1.29, 1.82) is 0 Å². The molecule has 0 spiro atoms. The van der Waals surface area contributed by atoms with E-state index in [1.54, 1.807) is 0 Å². The topological polar surface area (TPSA) is 0 Å². The number of rotatable bonds is 4. The van der Waals surface area contributed by atoms with Gasteiger partial charge in [-0.3, -0.25) is 0 Å². The Labute approximate surface area is 97.6 Å². The Balaban J connectivity index is 2.17. The molecule has 0 nitrogen and oxygen atoms in total. The third-order valence-electron chi connectivity index (χ3n) is 2.86. The first-order valence-corrected chi connectivity index (χ1v) is 5.82. The van der Waals surface area contributed by atoms with E-state index in [9.17, 15) is 0 Å². The third-order valence-corrected chi connectivity index (χ3v) is 2.86. The Morgan fingerprint density at radius 1 is 1.00 bits per heavy atom. The van der Waals surface area contributed by atoms with E-state index in [2.05, 4.69) is 55.5 Å². The van der Waals surface area contributed by atoms with Crippen molar-refractivity contribution >= 4 is 10.8 Å². The molecule has 0 aliphatic rings. The molecule has 0 heterocycles. The minimum absolute atomic E-state index is 1.12. The lowest BCUT2D eigenvalue weighted by Gasteiger charge is -2.05. The summed E-state index contributed by atoms with van der Waals surface area (Å²) >= 11 is 0. The summed E-state index contributed by atoms with van der Waals surface area (Å²) in [6.45, 7) is 3.70. The summed E-state index contributed by atoms with van der Waals surface area (Å²) in [5, 5.41) is 2.73. The number of hydrogen-bond donors (Lipinski definition) is 0. The first kappa shape index (κ1) is 10.9. The van der Waals surface area contributed by atoms with Crippen molar-refractivity contribution in [3.05, 3.63) is 67.1 Å². The molecule has 81 valence electrons. The molecule has 0 unspecified atom stereocenters. The van der Waals surface area contributed by atoms with Gasteiger partial charge in [0, 0.05) is 0 Å². The lowest BCUT2D eigenvalue weighted by atomic mass is 10.0. The van der Waals surface area contributed by atoms with E-state index in [1.807, 2.05) is 6.08 Å². The summed E-state index contributed by atoms with van der Waals surface area (Å²) in [4.78, 5) is 0. The SMILES string of the molecule is [CH2]C=CCCCc1cccc2ccccc12. The van der Waals surface area contributed by atoms with Crippen LogP contribution in [-0.2, 0) is 6.42 Å². The molecular formula is C16H17. The molecule has 0 atom stereocenters. The molecule has 0 saturated carbocycles. The van der Waals surface area contributed by atoms with Crippen molar-refractivity contribution in [1.82, 2.24) is 0 Å². The van der Waals surface area contributed by atoms with E-state index in [4.69, 9.17) is 0 Å². The van der Waals surface area contributed by atoms with Gasteiger partial charge in [0.05, 0.1) is 0 Å². The van der Waals surface area contributed by atoms with E-state index in [-0.39, 0.29) is 0 Å². The van der Waals surface area contributed by atoms with Gasteiger partial charge in [0.2, 0.25) is 0 Å². The van der Waals surface area contributed by atoms with Crippen LogP contribution in [0.15, 0.2) is 54.6 Å². The molecule has 0 N–H and O–H groups in total. The second kappa shape index (κ2) is 5.50. The van der Waals surface area contributed by atoms with Crippen LogP contribution in [0.2, 0.25) is 0 Å². The number of aryl methyl sites for hydroxylation is 1. The van der Waals surface area contributed by atoms with Crippen LogP contribution < -0.4 is 0 Å². The summed E-state index contributed by atoms with van der Waals surface area (Å²) < 4.78 is 0.